The zero-order valence-electron chi connectivity index (χ0n) is 15.7. The van der Waals surface area contributed by atoms with Crippen LogP contribution in [-0.2, 0) is 9.59 Å². The summed E-state index contributed by atoms with van der Waals surface area (Å²) < 4.78 is 0. The molecule has 0 radical (unpaired) electrons. The fraction of sp³-hybridized carbons (Fsp3) is 0.182. The van der Waals surface area contributed by atoms with Crippen molar-refractivity contribution >= 4 is 33.8 Å². The van der Waals surface area contributed by atoms with Crippen LogP contribution in [0.2, 0.25) is 0 Å². The van der Waals surface area contributed by atoms with Crippen LogP contribution in [0, 0.1) is 0 Å². The number of anilines is 1. The third-order valence-electron chi connectivity index (χ3n) is 3.70. The average Bonchev–Trinajstić information content (AvgIpc) is 2.70. The lowest BCUT2D eigenvalue weighted by molar-refractivity contribution is -0.126. The van der Waals surface area contributed by atoms with Gasteiger partial charge in [0.15, 0.2) is 5.78 Å². The highest BCUT2D eigenvalue weighted by Gasteiger charge is 2.23. The molecule has 0 aliphatic carbocycles. The number of amides is 1. The molecular formula is C22H23N3O2. The van der Waals surface area contributed by atoms with E-state index in [1.165, 1.54) is 6.92 Å². The van der Waals surface area contributed by atoms with Gasteiger partial charge in [0.1, 0.15) is 0 Å². The van der Waals surface area contributed by atoms with Crippen molar-refractivity contribution in [3.8, 4) is 0 Å². The molecule has 1 unspecified atom stereocenters. The molecule has 1 amide bonds. The molecule has 1 atom stereocenters. The minimum absolute atomic E-state index is 0.363. The minimum Gasteiger partial charge on any atom is -0.324 e. The SMILES string of the molecule is CC.CC(=O)C(N=Nc1ccc2ccccc2c1)C(=O)Nc1ccccc1. The van der Waals surface area contributed by atoms with Gasteiger partial charge in [-0.3, -0.25) is 9.59 Å². The van der Waals surface area contributed by atoms with E-state index in [1.807, 2.05) is 56.3 Å². The van der Waals surface area contributed by atoms with Crippen LogP contribution in [0.15, 0.2) is 83.0 Å². The quantitative estimate of drug-likeness (QED) is 0.478. The Labute approximate surface area is 159 Å². The lowest BCUT2D eigenvalue weighted by Gasteiger charge is -2.09. The highest BCUT2D eigenvalue weighted by molar-refractivity contribution is 6.10. The summed E-state index contributed by atoms with van der Waals surface area (Å²) in [6, 6.07) is 21.2. The van der Waals surface area contributed by atoms with E-state index in [0.29, 0.717) is 11.4 Å². The second-order valence-electron chi connectivity index (χ2n) is 5.62. The van der Waals surface area contributed by atoms with E-state index in [9.17, 15) is 9.59 Å². The van der Waals surface area contributed by atoms with E-state index in [2.05, 4.69) is 15.5 Å². The second-order valence-corrected chi connectivity index (χ2v) is 5.62. The van der Waals surface area contributed by atoms with Gasteiger partial charge in [0, 0.05) is 5.69 Å². The van der Waals surface area contributed by atoms with Gasteiger partial charge in [-0.05, 0) is 42.0 Å². The number of carbonyl (C=O) groups excluding carboxylic acids is 2. The molecule has 0 aliphatic heterocycles. The Bertz CT molecular complexity index is 936. The van der Waals surface area contributed by atoms with E-state index < -0.39 is 11.9 Å². The van der Waals surface area contributed by atoms with E-state index in [4.69, 9.17) is 0 Å². The first kappa shape index (κ1) is 20.0. The first-order valence-electron chi connectivity index (χ1n) is 8.89. The summed E-state index contributed by atoms with van der Waals surface area (Å²) in [5, 5.41) is 12.8. The molecule has 5 heteroatoms. The number of hydrogen-bond donors (Lipinski definition) is 1. The standard InChI is InChI=1S/C20H17N3O2.C2H6/c1-14(24)19(20(25)21-17-9-3-2-4-10-17)23-22-18-12-11-15-7-5-6-8-16(15)13-18;1-2/h2-13,19H,1H3,(H,21,25);1-2H3. The zero-order chi connectivity index (χ0) is 19.6. The van der Waals surface area contributed by atoms with Gasteiger partial charge in [-0.2, -0.15) is 10.2 Å². The van der Waals surface area contributed by atoms with Crippen LogP contribution in [0.3, 0.4) is 0 Å². The minimum atomic E-state index is -1.17. The third-order valence-corrected chi connectivity index (χ3v) is 3.70. The molecule has 0 saturated carbocycles. The first-order chi connectivity index (χ1) is 13.1. The van der Waals surface area contributed by atoms with Crippen LogP contribution in [0.1, 0.15) is 20.8 Å². The van der Waals surface area contributed by atoms with Crippen molar-refractivity contribution in [3.63, 3.8) is 0 Å². The Hall–Kier alpha value is -3.34. The van der Waals surface area contributed by atoms with Crippen molar-refractivity contribution in [1.29, 1.82) is 0 Å². The number of rotatable bonds is 5. The van der Waals surface area contributed by atoms with E-state index in [-0.39, 0.29) is 5.78 Å². The smallest absolute Gasteiger partial charge is 0.258 e. The molecule has 5 nitrogen and oxygen atoms in total. The number of nitrogens with one attached hydrogen (secondary N) is 1. The summed E-state index contributed by atoms with van der Waals surface area (Å²) in [6.07, 6.45) is 0. The van der Waals surface area contributed by atoms with Crippen LogP contribution < -0.4 is 5.32 Å². The van der Waals surface area contributed by atoms with Crippen molar-refractivity contribution in [2.75, 3.05) is 5.32 Å². The maximum Gasteiger partial charge on any atom is 0.258 e. The van der Waals surface area contributed by atoms with Gasteiger partial charge in [-0.1, -0.05) is 62.4 Å². The maximum atomic E-state index is 12.3. The number of para-hydroxylation sites is 1. The number of Topliss-reactive ketones (excluding diaryl/α,β-unsaturated/α-hetero) is 1. The Morgan fingerprint density at radius 3 is 2.15 bits per heavy atom. The predicted octanol–water partition coefficient (Wildman–Crippen LogP) is 5.55. The predicted molar refractivity (Wildman–Crippen MR) is 109 cm³/mol. The zero-order valence-corrected chi connectivity index (χ0v) is 15.7. The number of nitrogens with zero attached hydrogens (tertiary/aromatic N) is 2. The lowest BCUT2D eigenvalue weighted by atomic mass is 10.1. The van der Waals surface area contributed by atoms with Gasteiger partial charge in [-0.15, -0.1) is 0 Å². The van der Waals surface area contributed by atoms with Crippen LogP contribution in [0.5, 0.6) is 0 Å². The van der Waals surface area contributed by atoms with Gasteiger partial charge < -0.3 is 5.32 Å². The molecule has 1 N–H and O–H groups in total. The molecule has 0 spiro atoms. The number of ketones is 1. The van der Waals surface area contributed by atoms with Gasteiger partial charge in [-0.25, -0.2) is 0 Å². The highest BCUT2D eigenvalue weighted by atomic mass is 16.2. The fourth-order valence-electron chi connectivity index (χ4n) is 2.41. The summed E-state index contributed by atoms with van der Waals surface area (Å²) in [5.41, 5.74) is 1.21. The topological polar surface area (TPSA) is 70.9 Å². The number of fused-ring (bicyclic) bond motifs is 1. The molecule has 0 fully saturated rings. The maximum absolute atomic E-state index is 12.3. The van der Waals surface area contributed by atoms with Crippen molar-refractivity contribution < 1.29 is 9.59 Å². The van der Waals surface area contributed by atoms with Crippen LogP contribution >= 0.6 is 0 Å². The molecular weight excluding hydrogens is 338 g/mol. The first-order valence-corrected chi connectivity index (χ1v) is 8.89. The largest absolute Gasteiger partial charge is 0.324 e. The van der Waals surface area contributed by atoms with Gasteiger partial charge >= 0.3 is 0 Å². The monoisotopic (exact) mass is 361 g/mol. The van der Waals surface area contributed by atoms with Gasteiger partial charge in [0.25, 0.3) is 5.91 Å². The molecule has 0 aromatic heterocycles. The Kier molecular flexibility index (Phi) is 7.37. The number of carbonyl (C=O) groups is 2. The Morgan fingerprint density at radius 1 is 0.852 bits per heavy atom. The Balaban J connectivity index is 0.00000126. The molecule has 3 rings (SSSR count). The average molecular weight is 361 g/mol. The summed E-state index contributed by atoms with van der Waals surface area (Å²) in [7, 11) is 0. The number of azo groups is 1. The van der Waals surface area contributed by atoms with Gasteiger partial charge in [0.2, 0.25) is 6.04 Å². The summed E-state index contributed by atoms with van der Waals surface area (Å²) in [5.74, 6) is -0.860. The normalized spacial score (nSPS) is 11.5. The number of benzene rings is 3. The van der Waals surface area contributed by atoms with Crippen LogP contribution in [-0.4, -0.2) is 17.7 Å². The molecule has 27 heavy (non-hydrogen) atoms. The summed E-state index contributed by atoms with van der Waals surface area (Å²) in [4.78, 5) is 24.1. The third kappa shape index (κ3) is 5.57. The highest BCUT2D eigenvalue weighted by Crippen LogP contribution is 2.21. The Morgan fingerprint density at radius 2 is 1.48 bits per heavy atom. The number of hydrogen-bond acceptors (Lipinski definition) is 4. The molecule has 0 bridgehead atoms. The van der Waals surface area contributed by atoms with Crippen molar-refractivity contribution in [3.05, 3.63) is 72.8 Å². The summed E-state index contributed by atoms with van der Waals surface area (Å²) in [6.45, 7) is 5.33. The molecule has 0 saturated heterocycles. The molecule has 0 aliphatic rings. The van der Waals surface area contributed by atoms with Crippen molar-refractivity contribution in [2.45, 2.75) is 26.8 Å². The van der Waals surface area contributed by atoms with Crippen molar-refractivity contribution in [2.24, 2.45) is 10.2 Å². The molecule has 3 aromatic carbocycles. The molecule has 0 heterocycles. The van der Waals surface area contributed by atoms with Crippen LogP contribution in [0.25, 0.3) is 10.8 Å². The van der Waals surface area contributed by atoms with Crippen molar-refractivity contribution in [1.82, 2.24) is 0 Å². The van der Waals surface area contributed by atoms with E-state index >= 15 is 0 Å². The van der Waals surface area contributed by atoms with E-state index in [0.717, 1.165) is 10.8 Å². The molecule has 138 valence electrons. The van der Waals surface area contributed by atoms with E-state index in [1.54, 1.807) is 30.3 Å². The fourth-order valence-corrected chi connectivity index (χ4v) is 2.41. The molecule has 3 aromatic rings. The summed E-state index contributed by atoms with van der Waals surface area (Å²) >= 11 is 0. The lowest BCUT2D eigenvalue weighted by Crippen LogP contribution is -2.31. The van der Waals surface area contributed by atoms with Gasteiger partial charge in [0.05, 0.1) is 5.69 Å². The second kappa shape index (κ2) is 9.97. The van der Waals surface area contributed by atoms with Crippen LogP contribution in [0.4, 0.5) is 11.4 Å².